The minimum absolute atomic E-state index is 0.0619. The Balaban J connectivity index is 1.80. The molecule has 0 atom stereocenters. The van der Waals surface area contributed by atoms with E-state index in [1.165, 1.54) is 17.1 Å². The van der Waals surface area contributed by atoms with E-state index in [-0.39, 0.29) is 18.0 Å². The topological polar surface area (TPSA) is 90.1 Å². The number of nitrogens with zero attached hydrogens (tertiary/aromatic N) is 3. The number of para-hydroxylation sites is 3. The second-order valence-corrected chi connectivity index (χ2v) is 4.70. The molecule has 1 heterocycles. The Hall–Kier alpha value is -3.22. The number of nitrogens with one attached hydrogen (secondary N) is 1. The molecular weight excluding hydrogens is 284 g/mol. The number of hydrogen-bond acceptors (Lipinski definition) is 4. The van der Waals surface area contributed by atoms with Crippen LogP contribution in [0.1, 0.15) is 5.56 Å². The maximum Gasteiger partial charge on any atom is 0.273 e. The van der Waals surface area contributed by atoms with Crippen LogP contribution in [0, 0.1) is 10.1 Å². The zero-order valence-electron chi connectivity index (χ0n) is 11.5. The average molecular weight is 296 g/mol. The quantitative estimate of drug-likeness (QED) is 0.590. The van der Waals surface area contributed by atoms with E-state index in [2.05, 4.69) is 10.4 Å². The van der Waals surface area contributed by atoms with Gasteiger partial charge in [-0.3, -0.25) is 20.3 Å². The van der Waals surface area contributed by atoms with Crippen LogP contribution in [0.3, 0.4) is 0 Å². The van der Waals surface area contributed by atoms with Crippen molar-refractivity contribution in [3.8, 4) is 0 Å². The van der Waals surface area contributed by atoms with Crippen molar-refractivity contribution >= 4 is 22.6 Å². The molecule has 0 unspecified atom stereocenters. The molecule has 0 bridgehead atoms. The zero-order valence-corrected chi connectivity index (χ0v) is 11.5. The van der Waals surface area contributed by atoms with Crippen molar-refractivity contribution in [1.82, 2.24) is 9.66 Å². The fraction of sp³-hybridized carbons (Fsp3) is 0.0667. The van der Waals surface area contributed by atoms with Gasteiger partial charge in [0.15, 0.2) is 0 Å². The highest BCUT2D eigenvalue weighted by Crippen LogP contribution is 2.18. The standard InChI is InChI=1S/C15H12N4O3/c20-15(9-11-5-1-3-7-13(11)19(21)22)17-18-10-16-12-6-2-4-8-14(12)18/h1-8,10H,9H2,(H,17,20). The van der Waals surface area contributed by atoms with Gasteiger partial charge in [-0.25, -0.2) is 9.66 Å². The van der Waals surface area contributed by atoms with E-state index in [0.717, 1.165) is 11.0 Å². The van der Waals surface area contributed by atoms with Crippen molar-refractivity contribution in [3.05, 3.63) is 70.5 Å². The van der Waals surface area contributed by atoms with Crippen molar-refractivity contribution in [3.63, 3.8) is 0 Å². The zero-order chi connectivity index (χ0) is 15.5. The first-order chi connectivity index (χ1) is 10.6. The minimum atomic E-state index is -0.491. The number of rotatable bonds is 4. The third-order valence-electron chi connectivity index (χ3n) is 3.24. The van der Waals surface area contributed by atoms with Crippen molar-refractivity contribution in [2.24, 2.45) is 0 Å². The molecule has 1 amide bonds. The smallest absolute Gasteiger partial charge is 0.273 e. The monoisotopic (exact) mass is 296 g/mol. The van der Waals surface area contributed by atoms with E-state index in [4.69, 9.17) is 0 Å². The van der Waals surface area contributed by atoms with Crippen LogP contribution in [0.5, 0.6) is 0 Å². The molecule has 3 rings (SSSR count). The van der Waals surface area contributed by atoms with Gasteiger partial charge in [-0.05, 0) is 12.1 Å². The summed E-state index contributed by atoms with van der Waals surface area (Å²) in [6.07, 6.45) is 1.42. The molecule has 1 N–H and O–H groups in total. The van der Waals surface area contributed by atoms with Crippen LogP contribution in [-0.4, -0.2) is 20.5 Å². The van der Waals surface area contributed by atoms with Crippen molar-refractivity contribution < 1.29 is 9.72 Å². The number of hydrogen-bond donors (Lipinski definition) is 1. The lowest BCUT2D eigenvalue weighted by atomic mass is 10.1. The largest absolute Gasteiger partial charge is 0.273 e. The first-order valence-corrected chi connectivity index (χ1v) is 6.59. The van der Waals surface area contributed by atoms with Crippen LogP contribution < -0.4 is 5.43 Å². The maximum atomic E-state index is 12.1. The molecule has 0 fully saturated rings. The number of nitro benzene ring substituents is 1. The van der Waals surface area contributed by atoms with Gasteiger partial charge in [0.2, 0.25) is 5.91 Å². The minimum Gasteiger partial charge on any atom is -0.273 e. The van der Waals surface area contributed by atoms with Crippen molar-refractivity contribution in [1.29, 1.82) is 0 Å². The summed E-state index contributed by atoms with van der Waals surface area (Å²) in [5.41, 5.74) is 4.50. The number of benzene rings is 2. The number of aromatic nitrogens is 2. The Morgan fingerprint density at radius 3 is 2.73 bits per heavy atom. The highest BCUT2D eigenvalue weighted by molar-refractivity contribution is 5.88. The highest BCUT2D eigenvalue weighted by Gasteiger charge is 2.16. The molecule has 22 heavy (non-hydrogen) atoms. The number of nitro groups is 1. The van der Waals surface area contributed by atoms with E-state index in [0.29, 0.717) is 5.56 Å². The first-order valence-electron chi connectivity index (χ1n) is 6.59. The summed E-state index contributed by atoms with van der Waals surface area (Å²) >= 11 is 0. The van der Waals surface area contributed by atoms with Crippen molar-refractivity contribution in [2.75, 3.05) is 5.43 Å². The van der Waals surface area contributed by atoms with Crippen LogP contribution in [-0.2, 0) is 11.2 Å². The molecule has 0 aliphatic rings. The van der Waals surface area contributed by atoms with Crippen LogP contribution in [0.25, 0.3) is 11.0 Å². The molecule has 110 valence electrons. The second-order valence-electron chi connectivity index (χ2n) is 4.70. The third-order valence-corrected chi connectivity index (χ3v) is 3.24. The van der Waals surface area contributed by atoms with Gasteiger partial charge < -0.3 is 0 Å². The van der Waals surface area contributed by atoms with Crippen LogP contribution in [0.4, 0.5) is 5.69 Å². The Morgan fingerprint density at radius 1 is 1.18 bits per heavy atom. The second kappa shape index (κ2) is 5.65. The molecule has 0 saturated carbocycles. The van der Waals surface area contributed by atoms with Crippen molar-refractivity contribution in [2.45, 2.75) is 6.42 Å². The molecular formula is C15H12N4O3. The van der Waals surface area contributed by atoms with Gasteiger partial charge >= 0.3 is 0 Å². The third kappa shape index (κ3) is 2.64. The summed E-state index contributed by atoms with van der Waals surface area (Å²) in [5.74, 6) is -0.350. The number of imidazole rings is 1. The van der Waals surface area contributed by atoms with Gasteiger partial charge in [-0.15, -0.1) is 0 Å². The SMILES string of the molecule is O=C(Cc1ccccc1[N+](=O)[O-])Nn1cnc2ccccc21. The average Bonchev–Trinajstić information content (AvgIpc) is 2.91. The van der Waals surface area contributed by atoms with Gasteiger partial charge in [0.25, 0.3) is 5.69 Å². The lowest BCUT2D eigenvalue weighted by Gasteiger charge is -2.07. The summed E-state index contributed by atoms with van der Waals surface area (Å²) in [6.45, 7) is 0. The highest BCUT2D eigenvalue weighted by atomic mass is 16.6. The molecule has 0 aliphatic carbocycles. The van der Waals surface area contributed by atoms with Gasteiger partial charge in [0, 0.05) is 11.6 Å². The number of fused-ring (bicyclic) bond motifs is 1. The molecule has 0 radical (unpaired) electrons. The van der Waals surface area contributed by atoms with Gasteiger partial charge in [-0.1, -0.05) is 30.3 Å². The summed E-state index contributed by atoms with van der Waals surface area (Å²) in [7, 11) is 0. The number of carbonyl (C=O) groups excluding carboxylic acids is 1. The molecule has 3 aromatic rings. The fourth-order valence-electron chi connectivity index (χ4n) is 2.23. The van der Waals surface area contributed by atoms with E-state index in [1.54, 1.807) is 18.2 Å². The molecule has 0 spiro atoms. The fourth-order valence-corrected chi connectivity index (χ4v) is 2.23. The van der Waals surface area contributed by atoms with E-state index in [1.807, 2.05) is 24.3 Å². The predicted octanol–water partition coefficient (Wildman–Crippen LogP) is 2.26. The summed E-state index contributed by atoms with van der Waals surface area (Å²) < 4.78 is 1.51. The van der Waals surface area contributed by atoms with E-state index in [9.17, 15) is 14.9 Å². The maximum absolute atomic E-state index is 12.1. The Bertz CT molecular complexity index is 857. The van der Waals surface area contributed by atoms with E-state index >= 15 is 0 Å². The van der Waals surface area contributed by atoms with Gasteiger partial charge in [0.1, 0.15) is 6.33 Å². The molecule has 7 nitrogen and oxygen atoms in total. The lowest BCUT2D eigenvalue weighted by Crippen LogP contribution is -2.24. The normalized spacial score (nSPS) is 10.5. The van der Waals surface area contributed by atoms with Gasteiger partial charge in [-0.2, -0.15) is 0 Å². The Kier molecular flexibility index (Phi) is 3.53. The van der Waals surface area contributed by atoms with Gasteiger partial charge in [0.05, 0.1) is 22.4 Å². The number of amides is 1. The van der Waals surface area contributed by atoms with Crippen LogP contribution in [0.15, 0.2) is 54.9 Å². The molecule has 2 aromatic carbocycles. The van der Waals surface area contributed by atoms with Crippen LogP contribution in [0.2, 0.25) is 0 Å². The Labute approximate surface area is 125 Å². The summed E-state index contributed by atoms with van der Waals surface area (Å²) in [6, 6.07) is 13.6. The molecule has 1 aromatic heterocycles. The number of carbonyl (C=O) groups is 1. The van der Waals surface area contributed by atoms with Crippen LogP contribution >= 0.6 is 0 Å². The molecule has 7 heteroatoms. The molecule has 0 aliphatic heterocycles. The first kappa shape index (κ1) is 13.7. The molecule has 0 saturated heterocycles. The van der Waals surface area contributed by atoms with E-state index < -0.39 is 4.92 Å². The lowest BCUT2D eigenvalue weighted by molar-refractivity contribution is -0.385. The predicted molar refractivity (Wildman–Crippen MR) is 80.9 cm³/mol. The Morgan fingerprint density at radius 2 is 1.91 bits per heavy atom. The summed E-state index contributed by atoms with van der Waals surface area (Å²) in [4.78, 5) is 26.7. The summed E-state index contributed by atoms with van der Waals surface area (Å²) in [5, 5.41) is 11.0.